The Bertz CT molecular complexity index is 735. The second-order valence-corrected chi connectivity index (χ2v) is 6.55. The average Bonchev–Trinajstić information content (AvgIpc) is 2.56. The Kier molecular flexibility index (Phi) is 7.29. The fraction of sp³-hybridized carbons (Fsp3) is 0.263. The molecule has 0 heterocycles. The van der Waals surface area contributed by atoms with Gasteiger partial charge in [-0.2, -0.15) is 0 Å². The summed E-state index contributed by atoms with van der Waals surface area (Å²) in [6.45, 7) is 1.90. The van der Waals surface area contributed by atoms with Gasteiger partial charge < -0.3 is 10.6 Å². The van der Waals surface area contributed by atoms with Crippen LogP contribution in [0.15, 0.2) is 48.5 Å². The van der Waals surface area contributed by atoms with E-state index in [1.54, 1.807) is 12.1 Å². The molecule has 0 aliphatic heterocycles. The SMILES string of the molecule is CC(=O)N[C@@H](CC(=O)NCCc1ccc(Cl)cc1Cl)c1ccccc1. The normalized spacial score (nSPS) is 11.6. The van der Waals surface area contributed by atoms with Gasteiger partial charge in [-0.05, 0) is 29.7 Å². The first kappa shape index (κ1) is 19.3. The van der Waals surface area contributed by atoms with E-state index in [9.17, 15) is 9.59 Å². The summed E-state index contributed by atoms with van der Waals surface area (Å²) in [6.07, 6.45) is 0.788. The van der Waals surface area contributed by atoms with Crippen molar-refractivity contribution in [2.45, 2.75) is 25.8 Å². The molecule has 0 bridgehead atoms. The van der Waals surface area contributed by atoms with Gasteiger partial charge in [0.2, 0.25) is 11.8 Å². The first-order valence-corrected chi connectivity index (χ1v) is 8.74. The fourth-order valence-electron chi connectivity index (χ4n) is 2.50. The monoisotopic (exact) mass is 378 g/mol. The number of carbonyl (C=O) groups excluding carboxylic acids is 2. The van der Waals surface area contributed by atoms with Gasteiger partial charge in [0.25, 0.3) is 0 Å². The Balaban J connectivity index is 1.89. The summed E-state index contributed by atoms with van der Waals surface area (Å²) in [5, 5.41) is 6.85. The summed E-state index contributed by atoms with van der Waals surface area (Å²) in [6, 6.07) is 14.4. The Morgan fingerprint density at radius 2 is 1.80 bits per heavy atom. The van der Waals surface area contributed by atoms with Crippen molar-refractivity contribution >= 4 is 35.0 Å². The van der Waals surface area contributed by atoms with Gasteiger partial charge in [-0.15, -0.1) is 0 Å². The lowest BCUT2D eigenvalue weighted by Crippen LogP contribution is -2.33. The molecule has 0 aliphatic carbocycles. The Labute approximate surface area is 157 Å². The maximum atomic E-state index is 12.2. The van der Waals surface area contributed by atoms with Crippen molar-refractivity contribution in [2.75, 3.05) is 6.54 Å². The smallest absolute Gasteiger partial charge is 0.222 e. The number of benzene rings is 2. The third-order valence-electron chi connectivity index (χ3n) is 3.70. The van der Waals surface area contributed by atoms with Crippen LogP contribution in [0.5, 0.6) is 0 Å². The predicted octanol–water partition coefficient (Wildman–Crippen LogP) is 3.92. The van der Waals surface area contributed by atoms with E-state index in [1.807, 2.05) is 36.4 Å². The Morgan fingerprint density at radius 1 is 1.08 bits per heavy atom. The van der Waals surface area contributed by atoms with Crippen molar-refractivity contribution in [1.82, 2.24) is 10.6 Å². The van der Waals surface area contributed by atoms with Gasteiger partial charge in [0.15, 0.2) is 0 Å². The van der Waals surface area contributed by atoms with E-state index >= 15 is 0 Å². The van der Waals surface area contributed by atoms with Gasteiger partial charge >= 0.3 is 0 Å². The zero-order valence-electron chi connectivity index (χ0n) is 13.9. The van der Waals surface area contributed by atoms with E-state index in [0.29, 0.717) is 23.0 Å². The van der Waals surface area contributed by atoms with Crippen LogP contribution in [0.4, 0.5) is 0 Å². The molecule has 2 aromatic carbocycles. The highest BCUT2D eigenvalue weighted by atomic mass is 35.5. The van der Waals surface area contributed by atoms with Crippen LogP contribution in [0.1, 0.15) is 30.5 Å². The van der Waals surface area contributed by atoms with Gasteiger partial charge in [-0.25, -0.2) is 0 Å². The molecule has 0 radical (unpaired) electrons. The van der Waals surface area contributed by atoms with Crippen molar-refractivity contribution in [1.29, 1.82) is 0 Å². The molecule has 0 aliphatic rings. The number of halogens is 2. The van der Waals surface area contributed by atoms with Crippen LogP contribution in [0.25, 0.3) is 0 Å². The fourth-order valence-corrected chi connectivity index (χ4v) is 3.00. The molecule has 4 nitrogen and oxygen atoms in total. The lowest BCUT2D eigenvalue weighted by atomic mass is 10.0. The molecule has 1 atom stereocenters. The van der Waals surface area contributed by atoms with Gasteiger partial charge in [0.05, 0.1) is 12.5 Å². The minimum atomic E-state index is -0.349. The first-order chi connectivity index (χ1) is 12.0. The molecule has 25 heavy (non-hydrogen) atoms. The number of nitrogens with one attached hydrogen (secondary N) is 2. The molecule has 0 saturated heterocycles. The highest BCUT2D eigenvalue weighted by molar-refractivity contribution is 6.35. The van der Waals surface area contributed by atoms with E-state index in [0.717, 1.165) is 11.1 Å². The maximum absolute atomic E-state index is 12.2. The highest BCUT2D eigenvalue weighted by Gasteiger charge is 2.16. The Hall–Kier alpha value is -2.04. The lowest BCUT2D eigenvalue weighted by molar-refractivity contribution is -0.122. The number of amides is 2. The molecular formula is C19H20Cl2N2O2. The van der Waals surface area contributed by atoms with E-state index in [1.165, 1.54) is 6.92 Å². The molecule has 0 aromatic heterocycles. The van der Waals surface area contributed by atoms with Crippen molar-refractivity contribution in [3.63, 3.8) is 0 Å². The van der Waals surface area contributed by atoms with E-state index < -0.39 is 0 Å². The van der Waals surface area contributed by atoms with Crippen molar-refractivity contribution in [3.8, 4) is 0 Å². The summed E-state index contributed by atoms with van der Waals surface area (Å²) in [7, 11) is 0. The highest BCUT2D eigenvalue weighted by Crippen LogP contribution is 2.21. The summed E-state index contributed by atoms with van der Waals surface area (Å²) < 4.78 is 0. The van der Waals surface area contributed by atoms with E-state index in [-0.39, 0.29) is 24.3 Å². The first-order valence-electron chi connectivity index (χ1n) is 7.98. The molecule has 2 N–H and O–H groups in total. The number of hydrogen-bond acceptors (Lipinski definition) is 2. The van der Waals surface area contributed by atoms with Crippen LogP contribution in [-0.4, -0.2) is 18.4 Å². The lowest BCUT2D eigenvalue weighted by Gasteiger charge is -2.18. The summed E-state index contributed by atoms with van der Waals surface area (Å²) in [5.74, 6) is -0.303. The van der Waals surface area contributed by atoms with E-state index in [2.05, 4.69) is 10.6 Å². The summed E-state index contributed by atoms with van der Waals surface area (Å²) in [4.78, 5) is 23.6. The van der Waals surface area contributed by atoms with Gasteiger partial charge in [-0.1, -0.05) is 59.6 Å². The summed E-state index contributed by atoms with van der Waals surface area (Å²) >= 11 is 12.0. The van der Waals surface area contributed by atoms with Crippen LogP contribution >= 0.6 is 23.2 Å². The molecule has 132 valence electrons. The number of hydrogen-bond donors (Lipinski definition) is 2. The van der Waals surface area contributed by atoms with Crippen molar-refractivity contribution in [3.05, 3.63) is 69.7 Å². The Morgan fingerprint density at radius 3 is 2.44 bits per heavy atom. The average molecular weight is 379 g/mol. The zero-order chi connectivity index (χ0) is 18.2. The minimum absolute atomic E-state index is 0.132. The number of rotatable bonds is 7. The molecule has 2 amide bonds. The largest absolute Gasteiger partial charge is 0.356 e. The zero-order valence-corrected chi connectivity index (χ0v) is 15.4. The van der Waals surface area contributed by atoms with Gasteiger partial charge in [0, 0.05) is 23.5 Å². The molecule has 0 saturated carbocycles. The van der Waals surface area contributed by atoms with Crippen LogP contribution in [0.3, 0.4) is 0 Å². The van der Waals surface area contributed by atoms with Gasteiger partial charge in [0.1, 0.15) is 0 Å². The van der Waals surface area contributed by atoms with Gasteiger partial charge in [-0.3, -0.25) is 9.59 Å². The van der Waals surface area contributed by atoms with Crippen molar-refractivity contribution < 1.29 is 9.59 Å². The molecule has 2 rings (SSSR count). The quantitative estimate of drug-likeness (QED) is 0.766. The topological polar surface area (TPSA) is 58.2 Å². The van der Waals surface area contributed by atoms with Crippen LogP contribution < -0.4 is 10.6 Å². The standard InChI is InChI=1S/C19H20Cl2N2O2/c1-13(24)23-18(15-5-3-2-4-6-15)12-19(25)22-10-9-14-7-8-16(20)11-17(14)21/h2-8,11,18H,9-10,12H2,1H3,(H,22,25)(H,23,24)/t18-/m0/s1. The molecule has 6 heteroatoms. The van der Waals surface area contributed by atoms with Crippen LogP contribution in [0, 0.1) is 0 Å². The van der Waals surface area contributed by atoms with E-state index in [4.69, 9.17) is 23.2 Å². The van der Waals surface area contributed by atoms with Crippen LogP contribution in [0.2, 0.25) is 10.0 Å². The maximum Gasteiger partial charge on any atom is 0.222 e. The molecule has 0 spiro atoms. The minimum Gasteiger partial charge on any atom is -0.356 e. The molecule has 2 aromatic rings. The second kappa shape index (κ2) is 9.44. The number of carbonyl (C=O) groups is 2. The van der Waals surface area contributed by atoms with Crippen LogP contribution in [-0.2, 0) is 16.0 Å². The summed E-state index contributed by atoms with van der Waals surface area (Å²) in [5.41, 5.74) is 1.82. The molecule has 0 unspecified atom stereocenters. The predicted molar refractivity (Wildman–Crippen MR) is 101 cm³/mol. The van der Waals surface area contributed by atoms with Crippen molar-refractivity contribution in [2.24, 2.45) is 0 Å². The third kappa shape index (κ3) is 6.40. The third-order valence-corrected chi connectivity index (χ3v) is 4.29. The molecular weight excluding hydrogens is 359 g/mol. The molecule has 0 fully saturated rings. The second-order valence-electron chi connectivity index (χ2n) is 5.70.